The molecule has 2 unspecified atom stereocenters. The maximum absolute atomic E-state index is 13.1. The molecule has 0 spiro atoms. The van der Waals surface area contributed by atoms with Gasteiger partial charge in [-0.2, -0.15) is 0 Å². The van der Waals surface area contributed by atoms with Crippen LogP contribution in [0.5, 0.6) is 0 Å². The lowest BCUT2D eigenvalue weighted by atomic mass is 9.77. The fourth-order valence-corrected chi connectivity index (χ4v) is 4.06. The van der Waals surface area contributed by atoms with Crippen molar-refractivity contribution >= 4 is 29.9 Å². The predicted molar refractivity (Wildman–Crippen MR) is 97.4 cm³/mol. The van der Waals surface area contributed by atoms with E-state index in [-0.39, 0.29) is 23.7 Å². The van der Waals surface area contributed by atoms with E-state index >= 15 is 0 Å². The van der Waals surface area contributed by atoms with Crippen LogP contribution in [0.15, 0.2) is 24.3 Å². The van der Waals surface area contributed by atoms with Gasteiger partial charge in [-0.1, -0.05) is 43.5 Å². The molecule has 3 rings (SSSR count). The van der Waals surface area contributed by atoms with E-state index in [1.54, 1.807) is 0 Å². The van der Waals surface area contributed by atoms with Crippen LogP contribution in [-0.4, -0.2) is 25.0 Å². The van der Waals surface area contributed by atoms with Gasteiger partial charge in [-0.15, -0.1) is 12.4 Å². The van der Waals surface area contributed by atoms with Crippen molar-refractivity contribution in [2.75, 3.05) is 13.1 Å². The number of rotatable bonds is 3. The Morgan fingerprint density at radius 1 is 1.26 bits per heavy atom. The third-order valence-corrected chi connectivity index (χ3v) is 5.64. The number of carbonyl (C=O) groups is 1. The molecule has 1 aromatic carbocycles. The SMILES string of the molecule is CC1CNCCC1NC(=O)C1(c2ccc(Cl)cc2)CCCC1.Cl. The first-order valence-electron chi connectivity index (χ1n) is 8.39. The summed E-state index contributed by atoms with van der Waals surface area (Å²) >= 11 is 6.01. The summed E-state index contributed by atoms with van der Waals surface area (Å²) in [6.07, 6.45) is 5.15. The van der Waals surface area contributed by atoms with Gasteiger partial charge in [0.05, 0.1) is 5.41 Å². The van der Waals surface area contributed by atoms with Crippen molar-refractivity contribution in [3.8, 4) is 0 Å². The first-order valence-corrected chi connectivity index (χ1v) is 8.77. The van der Waals surface area contributed by atoms with Gasteiger partial charge in [0.2, 0.25) is 5.91 Å². The zero-order chi connectivity index (χ0) is 15.6. The molecular weight excluding hydrogens is 331 g/mol. The largest absolute Gasteiger partial charge is 0.352 e. The average molecular weight is 357 g/mol. The van der Waals surface area contributed by atoms with Crippen LogP contribution in [-0.2, 0) is 10.2 Å². The third kappa shape index (κ3) is 3.84. The number of piperidine rings is 1. The third-order valence-electron chi connectivity index (χ3n) is 5.39. The van der Waals surface area contributed by atoms with E-state index in [1.165, 1.54) is 0 Å². The van der Waals surface area contributed by atoms with Crippen LogP contribution in [0, 0.1) is 5.92 Å². The second-order valence-electron chi connectivity index (χ2n) is 6.85. The molecule has 0 bridgehead atoms. The van der Waals surface area contributed by atoms with E-state index in [2.05, 4.69) is 17.6 Å². The standard InChI is InChI=1S/C18H25ClN2O.ClH/c1-13-12-20-11-8-16(13)21-17(22)18(9-2-3-10-18)14-4-6-15(19)7-5-14;/h4-7,13,16,20H,2-3,8-12H2,1H3,(H,21,22);1H. The molecule has 2 aliphatic rings. The lowest BCUT2D eigenvalue weighted by Gasteiger charge is -2.35. The first kappa shape index (κ1) is 18.6. The molecule has 3 nitrogen and oxygen atoms in total. The van der Waals surface area contributed by atoms with Crippen molar-refractivity contribution < 1.29 is 4.79 Å². The highest BCUT2D eigenvalue weighted by molar-refractivity contribution is 6.30. The molecule has 23 heavy (non-hydrogen) atoms. The minimum atomic E-state index is -0.352. The van der Waals surface area contributed by atoms with Gasteiger partial charge < -0.3 is 10.6 Å². The van der Waals surface area contributed by atoms with Crippen LogP contribution in [0.4, 0.5) is 0 Å². The highest BCUT2D eigenvalue weighted by atomic mass is 35.5. The summed E-state index contributed by atoms with van der Waals surface area (Å²) in [6.45, 7) is 4.18. The summed E-state index contributed by atoms with van der Waals surface area (Å²) in [5.41, 5.74) is 0.767. The molecule has 0 aromatic heterocycles. The molecule has 1 aliphatic carbocycles. The van der Waals surface area contributed by atoms with Gasteiger partial charge >= 0.3 is 0 Å². The zero-order valence-electron chi connectivity index (χ0n) is 13.6. The van der Waals surface area contributed by atoms with Gasteiger partial charge in [0.1, 0.15) is 0 Å². The van der Waals surface area contributed by atoms with Gasteiger partial charge in [-0.25, -0.2) is 0 Å². The van der Waals surface area contributed by atoms with Crippen molar-refractivity contribution in [2.45, 2.75) is 50.5 Å². The lowest BCUT2D eigenvalue weighted by Crippen LogP contribution is -2.53. The van der Waals surface area contributed by atoms with Crippen LogP contribution in [0.25, 0.3) is 0 Å². The Balaban J connectivity index is 0.00000192. The second kappa shape index (κ2) is 7.87. The fourth-order valence-electron chi connectivity index (χ4n) is 3.93. The van der Waals surface area contributed by atoms with Gasteiger partial charge in [0, 0.05) is 11.1 Å². The van der Waals surface area contributed by atoms with Crippen LogP contribution in [0.3, 0.4) is 0 Å². The average Bonchev–Trinajstić information content (AvgIpc) is 3.01. The van der Waals surface area contributed by atoms with E-state index in [0.29, 0.717) is 12.0 Å². The summed E-state index contributed by atoms with van der Waals surface area (Å²) in [4.78, 5) is 13.1. The van der Waals surface area contributed by atoms with Crippen molar-refractivity contribution in [3.05, 3.63) is 34.9 Å². The van der Waals surface area contributed by atoms with Crippen LogP contribution < -0.4 is 10.6 Å². The predicted octanol–water partition coefficient (Wildman–Crippen LogP) is 3.69. The summed E-state index contributed by atoms with van der Waals surface area (Å²) in [6, 6.07) is 8.14. The van der Waals surface area contributed by atoms with Gasteiger partial charge in [0.25, 0.3) is 0 Å². The number of hydrogen-bond donors (Lipinski definition) is 2. The molecule has 5 heteroatoms. The molecule has 2 atom stereocenters. The Bertz CT molecular complexity index is 526. The molecule has 2 N–H and O–H groups in total. The Labute approximate surface area is 150 Å². The molecule has 2 fully saturated rings. The topological polar surface area (TPSA) is 41.1 Å². The van der Waals surface area contributed by atoms with E-state index in [0.717, 1.165) is 55.8 Å². The highest BCUT2D eigenvalue weighted by Gasteiger charge is 2.43. The van der Waals surface area contributed by atoms with Crippen LogP contribution >= 0.6 is 24.0 Å². The Hall–Kier alpha value is -0.770. The highest BCUT2D eigenvalue weighted by Crippen LogP contribution is 2.42. The summed E-state index contributed by atoms with van der Waals surface area (Å²) < 4.78 is 0. The minimum absolute atomic E-state index is 0. The first-order chi connectivity index (χ1) is 10.6. The van der Waals surface area contributed by atoms with Crippen molar-refractivity contribution in [2.24, 2.45) is 5.92 Å². The maximum Gasteiger partial charge on any atom is 0.230 e. The van der Waals surface area contributed by atoms with E-state index < -0.39 is 0 Å². The molecule has 1 heterocycles. The summed E-state index contributed by atoms with van der Waals surface area (Å²) in [5, 5.41) is 7.47. The summed E-state index contributed by atoms with van der Waals surface area (Å²) in [7, 11) is 0. The number of carbonyl (C=O) groups excluding carboxylic acids is 1. The Morgan fingerprint density at radius 2 is 1.91 bits per heavy atom. The Morgan fingerprint density at radius 3 is 2.52 bits per heavy atom. The molecule has 1 aromatic rings. The number of amides is 1. The quantitative estimate of drug-likeness (QED) is 0.866. The molecule has 128 valence electrons. The molecule has 1 saturated heterocycles. The zero-order valence-corrected chi connectivity index (χ0v) is 15.2. The van der Waals surface area contributed by atoms with Crippen molar-refractivity contribution in [1.82, 2.24) is 10.6 Å². The molecular formula is C18H26Cl2N2O. The van der Waals surface area contributed by atoms with Gasteiger partial charge in [-0.05, 0) is 56.0 Å². The van der Waals surface area contributed by atoms with E-state index in [1.807, 2.05) is 24.3 Å². The summed E-state index contributed by atoms with van der Waals surface area (Å²) in [5.74, 6) is 0.701. The molecule has 1 aliphatic heterocycles. The number of nitrogens with one attached hydrogen (secondary N) is 2. The normalized spacial score (nSPS) is 26.3. The molecule has 1 amide bonds. The van der Waals surface area contributed by atoms with Crippen LogP contribution in [0.2, 0.25) is 5.02 Å². The molecule has 0 radical (unpaired) electrons. The number of halogens is 2. The van der Waals surface area contributed by atoms with Gasteiger partial charge in [-0.3, -0.25) is 4.79 Å². The minimum Gasteiger partial charge on any atom is -0.352 e. The second-order valence-corrected chi connectivity index (χ2v) is 7.28. The van der Waals surface area contributed by atoms with E-state index in [9.17, 15) is 4.79 Å². The van der Waals surface area contributed by atoms with Crippen molar-refractivity contribution in [3.63, 3.8) is 0 Å². The van der Waals surface area contributed by atoms with Crippen LogP contribution in [0.1, 0.15) is 44.6 Å². The molecule has 1 saturated carbocycles. The van der Waals surface area contributed by atoms with Crippen molar-refractivity contribution in [1.29, 1.82) is 0 Å². The maximum atomic E-state index is 13.1. The number of hydrogen-bond acceptors (Lipinski definition) is 2. The Kier molecular flexibility index (Phi) is 6.35. The van der Waals surface area contributed by atoms with E-state index in [4.69, 9.17) is 11.6 Å². The lowest BCUT2D eigenvalue weighted by molar-refractivity contribution is -0.127. The smallest absolute Gasteiger partial charge is 0.230 e. The van der Waals surface area contributed by atoms with Gasteiger partial charge in [0.15, 0.2) is 0 Å². The fraction of sp³-hybridized carbons (Fsp3) is 0.611. The monoisotopic (exact) mass is 356 g/mol. The number of benzene rings is 1.